The Bertz CT molecular complexity index is 644. The Morgan fingerprint density at radius 3 is 3.00 bits per heavy atom. The summed E-state index contributed by atoms with van der Waals surface area (Å²) in [6.45, 7) is 0.0778. The summed E-state index contributed by atoms with van der Waals surface area (Å²) in [5.41, 5.74) is 0.395. The number of rotatable bonds is 5. The summed E-state index contributed by atoms with van der Waals surface area (Å²) in [7, 11) is 1.75. The van der Waals surface area contributed by atoms with Crippen molar-refractivity contribution in [3.8, 4) is 11.8 Å². The van der Waals surface area contributed by atoms with Crippen LogP contribution in [0.1, 0.15) is 11.4 Å². The lowest BCUT2D eigenvalue weighted by Crippen LogP contribution is -2.29. The molecule has 0 atom stereocenters. The Kier molecular flexibility index (Phi) is 4.29. The van der Waals surface area contributed by atoms with Gasteiger partial charge in [-0.3, -0.25) is 9.48 Å². The fraction of sp³-hybridized carbons (Fsp3) is 0.231. The van der Waals surface area contributed by atoms with Crippen LogP contribution in [0.4, 0.5) is 0 Å². The van der Waals surface area contributed by atoms with Crippen LogP contribution in [0.15, 0.2) is 30.6 Å². The summed E-state index contributed by atoms with van der Waals surface area (Å²) in [5, 5.41) is 15.6. The van der Waals surface area contributed by atoms with Gasteiger partial charge in [0, 0.05) is 7.05 Å². The van der Waals surface area contributed by atoms with E-state index in [0.29, 0.717) is 17.1 Å². The van der Waals surface area contributed by atoms with Crippen LogP contribution in [0.3, 0.4) is 0 Å². The topological polar surface area (TPSA) is 92.8 Å². The number of para-hydroxylation sites is 1. The zero-order valence-electron chi connectivity index (χ0n) is 10.9. The average Bonchev–Trinajstić information content (AvgIpc) is 2.89. The molecule has 0 aliphatic carbocycles. The standard InChI is InChI=1S/C13H13N5O2/c1-18-9-16-12(17-18)7-15-13(19)8-20-11-5-3-2-4-10(11)6-14/h2-5,9H,7-8H2,1H3,(H,15,19). The van der Waals surface area contributed by atoms with Gasteiger partial charge in [0.25, 0.3) is 5.91 Å². The fourth-order valence-corrected chi connectivity index (χ4v) is 1.52. The Morgan fingerprint density at radius 1 is 1.50 bits per heavy atom. The van der Waals surface area contributed by atoms with Gasteiger partial charge in [0.1, 0.15) is 18.1 Å². The van der Waals surface area contributed by atoms with Gasteiger partial charge in [0.05, 0.1) is 12.1 Å². The van der Waals surface area contributed by atoms with Crippen LogP contribution in [0.5, 0.6) is 5.75 Å². The van der Waals surface area contributed by atoms with Crippen molar-refractivity contribution in [1.82, 2.24) is 20.1 Å². The van der Waals surface area contributed by atoms with E-state index in [4.69, 9.17) is 10.00 Å². The minimum absolute atomic E-state index is 0.161. The van der Waals surface area contributed by atoms with Crippen molar-refractivity contribution in [2.24, 2.45) is 7.05 Å². The van der Waals surface area contributed by atoms with E-state index in [0.717, 1.165) is 0 Å². The van der Waals surface area contributed by atoms with Gasteiger partial charge in [-0.1, -0.05) is 12.1 Å². The number of nitrogens with zero attached hydrogens (tertiary/aromatic N) is 4. The van der Waals surface area contributed by atoms with Crippen molar-refractivity contribution >= 4 is 5.91 Å². The number of nitriles is 1. The molecule has 7 nitrogen and oxygen atoms in total. The molecule has 1 heterocycles. The molecule has 1 N–H and O–H groups in total. The highest BCUT2D eigenvalue weighted by Crippen LogP contribution is 2.16. The normalized spacial score (nSPS) is 9.80. The first kappa shape index (κ1) is 13.5. The zero-order valence-corrected chi connectivity index (χ0v) is 10.9. The number of ether oxygens (including phenoxy) is 1. The molecule has 20 heavy (non-hydrogen) atoms. The first-order valence-electron chi connectivity index (χ1n) is 5.92. The minimum atomic E-state index is -0.301. The minimum Gasteiger partial charge on any atom is -0.482 e. The summed E-state index contributed by atoms with van der Waals surface area (Å²) in [6.07, 6.45) is 1.56. The zero-order chi connectivity index (χ0) is 14.4. The van der Waals surface area contributed by atoms with E-state index in [2.05, 4.69) is 15.4 Å². The van der Waals surface area contributed by atoms with E-state index < -0.39 is 0 Å². The third kappa shape index (κ3) is 3.55. The summed E-state index contributed by atoms with van der Waals surface area (Å²) in [5.74, 6) is 0.615. The van der Waals surface area contributed by atoms with E-state index in [1.165, 1.54) is 0 Å². The molecule has 2 aromatic rings. The predicted molar refractivity (Wildman–Crippen MR) is 69.5 cm³/mol. The maximum Gasteiger partial charge on any atom is 0.258 e. The van der Waals surface area contributed by atoms with E-state index in [1.54, 1.807) is 42.3 Å². The van der Waals surface area contributed by atoms with Gasteiger partial charge in [-0.2, -0.15) is 10.4 Å². The van der Waals surface area contributed by atoms with Gasteiger partial charge in [-0.25, -0.2) is 4.98 Å². The summed E-state index contributed by atoms with van der Waals surface area (Å²) < 4.78 is 6.86. The molecule has 1 aromatic carbocycles. The van der Waals surface area contributed by atoms with E-state index in [-0.39, 0.29) is 19.1 Å². The number of amides is 1. The van der Waals surface area contributed by atoms with Crippen molar-refractivity contribution in [2.45, 2.75) is 6.54 Å². The van der Waals surface area contributed by atoms with Crippen LogP contribution in [-0.4, -0.2) is 27.3 Å². The first-order chi connectivity index (χ1) is 9.69. The van der Waals surface area contributed by atoms with Gasteiger partial charge in [0.15, 0.2) is 12.4 Å². The monoisotopic (exact) mass is 271 g/mol. The third-order valence-corrected chi connectivity index (χ3v) is 2.46. The van der Waals surface area contributed by atoms with Crippen LogP contribution in [0, 0.1) is 11.3 Å². The lowest BCUT2D eigenvalue weighted by atomic mass is 10.2. The molecule has 1 amide bonds. The van der Waals surface area contributed by atoms with E-state index in [1.807, 2.05) is 6.07 Å². The number of carbonyl (C=O) groups excluding carboxylic acids is 1. The second-order valence-corrected chi connectivity index (χ2v) is 4.01. The number of aryl methyl sites for hydroxylation is 1. The largest absolute Gasteiger partial charge is 0.482 e. The molecule has 0 fully saturated rings. The molecule has 0 radical (unpaired) electrons. The highest BCUT2D eigenvalue weighted by Gasteiger charge is 2.07. The number of aromatic nitrogens is 3. The summed E-state index contributed by atoms with van der Waals surface area (Å²) in [6, 6.07) is 8.75. The highest BCUT2D eigenvalue weighted by atomic mass is 16.5. The van der Waals surface area contributed by atoms with E-state index >= 15 is 0 Å². The van der Waals surface area contributed by atoms with Gasteiger partial charge >= 0.3 is 0 Å². The molecule has 102 valence electrons. The first-order valence-corrected chi connectivity index (χ1v) is 5.92. The molecular weight excluding hydrogens is 258 g/mol. The Hall–Kier alpha value is -2.88. The summed E-state index contributed by atoms with van der Waals surface area (Å²) >= 11 is 0. The molecule has 0 aliphatic heterocycles. The number of hydrogen-bond acceptors (Lipinski definition) is 5. The fourth-order valence-electron chi connectivity index (χ4n) is 1.52. The second-order valence-electron chi connectivity index (χ2n) is 4.01. The maximum absolute atomic E-state index is 11.6. The SMILES string of the molecule is Cn1cnc(CNC(=O)COc2ccccc2C#N)n1. The number of carbonyl (C=O) groups is 1. The second kappa shape index (κ2) is 6.33. The summed E-state index contributed by atoms with van der Waals surface area (Å²) in [4.78, 5) is 15.6. The van der Waals surface area contributed by atoms with Gasteiger partial charge in [-0.15, -0.1) is 0 Å². The smallest absolute Gasteiger partial charge is 0.258 e. The van der Waals surface area contributed by atoms with Crippen molar-refractivity contribution in [1.29, 1.82) is 5.26 Å². The Labute approximate surface area is 115 Å². The lowest BCUT2D eigenvalue weighted by Gasteiger charge is -2.07. The lowest BCUT2D eigenvalue weighted by molar-refractivity contribution is -0.123. The predicted octanol–water partition coefficient (Wildman–Crippen LogP) is 0.382. The molecule has 0 saturated carbocycles. The van der Waals surface area contributed by atoms with Crippen LogP contribution in [0.25, 0.3) is 0 Å². The number of nitrogens with one attached hydrogen (secondary N) is 1. The molecule has 0 spiro atoms. The average molecular weight is 271 g/mol. The molecule has 1 aromatic heterocycles. The van der Waals surface area contributed by atoms with Crippen molar-refractivity contribution in [3.63, 3.8) is 0 Å². The van der Waals surface area contributed by atoms with Gasteiger partial charge < -0.3 is 10.1 Å². The number of benzene rings is 1. The Balaban J connectivity index is 1.82. The van der Waals surface area contributed by atoms with Crippen LogP contribution in [-0.2, 0) is 18.4 Å². The quantitative estimate of drug-likeness (QED) is 0.848. The molecule has 0 unspecified atom stereocenters. The van der Waals surface area contributed by atoms with Crippen molar-refractivity contribution < 1.29 is 9.53 Å². The van der Waals surface area contributed by atoms with Crippen molar-refractivity contribution in [3.05, 3.63) is 42.0 Å². The highest BCUT2D eigenvalue weighted by molar-refractivity contribution is 5.77. The van der Waals surface area contributed by atoms with Gasteiger partial charge in [-0.05, 0) is 12.1 Å². The molecule has 0 saturated heterocycles. The molecule has 2 rings (SSSR count). The van der Waals surface area contributed by atoms with Crippen LogP contribution in [0.2, 0.25) is 0 Å². The van der Waals surface area contributed by atoms with E-state index in [9.17, 15) is 4.79 Å². The molecule has 7 heteroatoms. The molecule has 0 aliphatic rings. The molecule has 0 bridgehead atoms. The maximum atomic E-state index is 11.6. The van der Waals surface area contributed by atoms with Crippen LogP contribution >= 0.6 is 0 Å². The number of hydrogen-bond donors (Lipinski definition) is 1. The van der Waals surface area contributed by atoms with Gasteiger partial charge in [0.2, 0.25) is 0 Å². The third-order valence-electron chi connectivity index (χ3n) is 2.46. The molecular formula is C13H13N5O2. The van der Waals surface area contributed by atoms with Crippen molar-refractivity contribution in [2.75, 3.05) is 6.61 Å². The Morgan fingerprint density at radius 2 is 2.30 bits per heavy atom. The van der Waals surface area contributed by atoms with Crippen LogP contribution < -0.4 is 10.1 Å².